The van der Waals surface area contributed by atoms with Crippen molar-refractivity contribution in [2.45, 2.75) is 0 Å². The van der Waals surface area contributed by atoms with E-state index in [4.69, 9.17) is 5.73 Å². The molecule has 19 heavy (non-hydrogen) atoms. The van der Waals surface area contributed by atoms with Crippen molar-refractivity contribution in [1.82, 2.24) is 0 Å². The number of nitrogens with one attached hydrogen (secondary N) is 1. The predicted octanol–water partition coefficient (Wildman–Crippen LogP) is 3.06. The minimum atomic E-state index is -0.467. The van der Waals surface area contributed by atoms with Crippen molar-refractivity contribution >= 4 is 23.4 Å². The molecule has 3 nitrogen and oxygen atoms in total. The molecule has 3 N–H and O–H groups in total. The summed E-state index contributed by atoms with van der Waals surface area (Å²) in [4.78, 5) is 11.6. The Hall–Kier alpha value is -2.62. The fourth-order valence-corrected chi connectivity index (χ4v) is 1.54. The van der Waals surface area contributed by atoms with Gasteiger partial charge in [-0.05, 0) is 35.9 Å². The highest BCUT2D eigenvalue weighted by Crippen LogP contribution is 2.13. The SMILES string of the molecule is Nc1cc(/C=C/C(=O)Nc2ccccc2)ccc1F. The zero-order valence-electron chi connectivity index (χ0n) is 10.1. The molecule has 0 radical (unpaired) electrons. The van der Waals surface area contributed by atoms with Crippen molar-refractivity contribution in [3.8, 4) is 0 Å². The van der Waals surface area contributed by atoms with E-state index in [1.54, 1.807) is 24.3 Å². The van der Waals surface area contributed by atoms with Gasteiger partial charge in [-0.25, -0.2) is 4.39 Å². The Labute approximate surface area is 110 Å². The molecule has 0 bridgehead atoms. The number of anilines is 2. The molecule has 0 heterocycles. The number of nitrogens with two attached hydrogens (primary N) is 1. The second-order valence-corrected chi connectivity index (χ2v) is 3.97. The molecule has 0 fully saturated rings. The topological polar surface area (TPSA) is 55.1 Å². The standard InChI is InChI=1S/C15H13FN2O/c16-13-8-6-11(10-14(13)17)7-9-15(19)18-12-4-2-1-3-5-12/h1-10H,17H2,(H,18,19)/b9-7+. The lowest BCUT2D eigenvalue weighted by atomic mass is 10.2. The summed E-state index contributed by atoms with van der Waals surface area (Å²) in [6.45, 7) is 0. The Balaban J connectivity index is 2.02. The lowest BCUT2D eigenvalue weighted by Gasteiger charge is -2.01. The molecular formula is C15H13FN2O. The predicted molar refractivity (Wildman–Crippen MR) is 74.9 cm³/mol. The van der Waals surface area contributed by atoms with Crippen molar-refractivity contribution in [3.63, 3.8) is 0 Å². The van der Waals surface area contributed by atoms with E-state index in [-0.39, 0.29) is 11.6 Å². The fraction of sp³-hybridized carbons (Fsp3) is 0. The van der Waals surface area contributed by atoms with E-state index < -0.39 is 5.82 Å². The van der Waals surface area contributed by atoms with E-state index in [1.807, 2.05) is 18.2 Å². The average molecular weight is 256 g/mol. The molecule has 1 amide bonds. The molecule has 0 atom stereocenters. The summed E-state index contributed by atoms with van der Waals surface area (Å²) in [5.74, 6) is -0.722. The van der Waals surface area contributed by atoms with Gasteiger partial charge in [0, 0.05) is 11.8 Å². The van der Waals surface area contributed by atoms with Gasteiger partial charge in [0.05, 0.1) is 5.69 Å². The number of amides is 1. The molecule has 0 aliphatic heterocycles. The van der Waals surface area contributed by atoms with Gasteiger partial charge in [-0.2, -0.15) is 0 Å². The molecule has 96 valence electrons. The van der Waals surface area contributed by atoms with Crippen LogP contribution in [0.4, 0.5) is 15.8 Å². The van der Waals surface area contributed by atoms with E-state index in [0.717, 1.165) is 5.69 Å². The number of hydrogen-bond donors (Lipinski definition) is 2. The van der Waals surface area contributed by atoms with Gasteiger partial charge in [0.25, 0.3) is 0 Å². The van der Waals surface area contributed by atoms with Crippen LogP contribution in [0.3, 0.4) is 0 Å². The van der Waals surface area contributed by atoms with Crippen LogP contribution in [0, 0.1) is 5.82 Å². The first kappa shape index (κ1) is 12.8. The quantitative estimate of drug-likeness (QED) is 0.655. The fourth-order valence-electron chi connectivity index (χ4n) is 1.54. The van der Waals surface area contributed by atoms with Crippen molar-refractivity contribution in [3.05, 3.63) is 66.0 Å². The number of rotatable bonds is 3. The molecule has 4 heteroatoms. The summed E-state index contributed by atoms with van der Waals surface area (Å²) >= 11 is 0. The number of hydrogen-bond acceptors (Lipinski definition) is 2. The summed E-state index contributed by atoms with van der Waals surface area (Å²) in [6.07, 6.45) is 2.95. The van der Waals surface area contributed by atoms with Gasteiger partial charge in [0.2, 0.25) is 5.91 Å². The van der Waals surface area contributed by atoms with Crippen LogP contribution in [0.5, 0.6) is 0 Å². The maximum atomic E-state index is 13.0. The lowest BCUT2D eigenvalue weighted by Crippen LogP contribution is -2.07. The molecule has 0 aromatic heterocycles. The minimum Gasteiger partial charge on any atom is -0.396 e. The van der Waals surface area contributed by atoms with Crippen molar-refractivity contribution in [2.24, 2.45) is 0 Å². The highest BCUT2D eigenvalue weighted by Gasteiger charge is 1.99. The number of carbonyl (C=O) groups is 1. The maximum Gasteiger partial charge on any atom is 0.248 e. The van der Waals surface area contributed by atoms with Gasteiger partial charge in [0.1, 0.15) is 5.82 Å². The first-order chi connectivity index (χ1) is 9.15. The molecule has 0 spiro atoms. The second-order valence-electron chi connectivity index (χ2n) is 3.97. The second kappa shape index (κ2) is 5.82. The van der Waals surface area contributed by atoms with Crippen LogP contribution in [0.25, 0.3) is 6.08 Å². The molecule has 2 aromatic rings. The molecular weight excluding hydrogens is 243 g/mol. The summed E-state index contributed by atoms with van der Waals surface area (Å²) in [6, 6.07) is 13.4. The molecule has 0 saturated carbocycles. The number of halogens is 1. The van der Waals surface area contributed by atoms with E-state index in [0.29, 0.717) is 5.56 Å². The summed E-state index contributed by atoms with van der Waals surface area (Å²) < 4.78 is 13.0. The number of benzene rings is 2. The average Bonchev–Trinajstić information content (AvgIpc) is 2.41. The Morgan fingerprint density at radius 2 is 1.89 bits per heavy atom. The van der Waals surface area contributed by atoms with Gasteiger partial charge in [-0.1, -0.05) is 24.3 Å². The Bertz CT molecular complexity index is 609. The van der Waals surface area contributed by atoms with Crippen molar-refractivity contribution in [1.29, 1.82) is 0 Å². The molecule has 2 aromatic carbocycles. The first-order valence-corrected chi connectivity index (χ1v) is 5.74. The first-order valence-electron chi connectivity index (χ1n) is 5.74. The number of carbonyl (C=O) groups excluding carboxylic acids is 1. The van der Waals surface area contributed by atoms with Crippen LogP contribution < -0.4 is 11.1 Å². The van der Waals surface area contributed by atoms with Gasteiger partial charge in [-0.3, -0.25) is 4.79 Å². The monoisotopic (exact) mass is 256 g/mol. The Morgan fingerprint density at radius 3 is 2.58 bits per heavy atom. The van der Waals surface area contributed by atoms with E-state index in [9.17, 15) is 9.18 Å². The normalized spacial score (nSPS) is 10.6. The van der Waals surface area contributed by atoms with Crippen LogP contribution in [0.15, 0.2) is 54.6 Å². The van der Waals surface area contributed by atoms with E-state index >= 15 is 0 Å². The third-order valence-electron chi connectivity index (χ3n) is 2.49. The lowest BCUT2D eigenvalue weighted by molar-refractivity contribution is -0.111. The van der Waals surface area contributed by atoms with E-state index in [2.05, 4.69) is 5.32 Å². The Kier molecular flexibility index (Phi) is 3.93. The van der Waals surface area contributed by atoms with Crippen molar-refractivity contribution in [2.75, 3.05) is 11.1 Å². The van der Waals surface area contributed by atoms with E-state index in [1.165, 1.54) is 18.2 Å². The van der Waals surface area contributed by atoms with Gasteiger partial charge in [-0.15, -0.1) is 0 Å². The highest BCUT2D eigenvalue weighted by molar-refractivity contribution is 6.01. The molecule has 0 unspecified atom stereocenters. The molecule has 2 rings (SSSR count). The van der Waals surface area contributed by atoms with Crippen molar-refractivity contribution < 1.29 is 9.18 Å². The molecule has 0 saturated heterocycles. The molecule has 0 aliphatic rings. The largest absolute Gasteiger partial charge is 0.396 e. The smallest absolute Gasteiger partial charge is 0.248 e. The van der Waals surface area contributed by atoms with Gasteiger partial charge >= 0.3 is 0 Å². The highest BCUT2D eigenvalue weighted by atomic mass is 19.1. The van der Waals surface area contributed by atoms with Crippen LogP contribution in [0.2, 0.25) is 0 Å². The minimum absolute atomic E-state index is 0.0608. The van der Waals surface area contributed by atoms with Crippen LogP contribution in [-0.4, -0.2) is 5.91 Å². The Morgan fingerprint density at radius 1 is 1.16 bits per heavy atom. The third kappa shape index (κ3) is 3.67. The van der Waals surface area contributed by atoms with Gasteiger partial charge < -0.3 is 11.1 Å². The number of para-hydroxylation sites is 1. The zero-order valence-corrected chi connectivity index (χ0v) is 10.1. The van der Waals surface area contributed by atoms with Gasteiger partial charge in [0.15, 0.2) is 0 Å². The number of nitrogen functional groups attached to an aromatic ring is 1. The third-order valence-corrected chi connectivity index (χ3v) is 2.49. The summed E-state index contributed by atoms with van der Waals surface area (Å²) in [5, 5.41) is 2.71. The summed E-state index contributed by atoms with van der Waals surface area (Å²) in [5.41, 5.74) is 6.89. The molecule has 0 aliphatic carbocycles. The van der Waals surface area contributed by atoms with Crippen LogP contribution >= 0.6 is 0 Å². The van der Waals surface area contributed by atoms with Crippen LogP contribution in [0.1, 0.15) is 5.56 Å². The summed E-state index contributed by atoms with van der Waals surface area (Å²) in [7, 11) is 0. The zero-order chi connectivity index (χ0) is 13.7. The van der Waals surface area contributed by atoms with Crippen LogP contribution in [-0.2, 0) is 4.79 Å². The maximum absolute atomic E-state index is 13.0.